The van der Waals surface area contributed by atoms with E-state index in [4.69, 9.17) is 10.7 Å². The van der Waals surface area contributed by atoms with Crippen molar-refractivity contribution in [1.29, 1.82) is 0 Å². The summed E-state index contributed by atoms with van der Waals surface area (Å²) in [5.74, 6) is 0.997. The molecule has 0 saturated carbocycles. The van der Waals surface area contributed by atoms with Gasteiger partial charge in [0.15, 0.2) is 6.21 Å². The number of hydrogen-bond donors (Lipinski definition) is 3. The molecule has 0 aliphatic carbocycles. The van der Waals surface area contributed by atoms with E-state index in [0.29, 0.717) is 11.9 Å². The second-order valence-corrected chi connectivity index (χ2v) is 10.6. The zero-order chi connectivity index (χ0) is 26.9. The van der Waals surface area contributed by atoms with Crippen LogP contribution in [0.15, 0.2) is 30.6 Å². The van der Waals surface area contributed by atoms with Crippen molar-refractivity contribution in [2.45, 2.75) is 52.4 Å². The molecule has 38 heavy (non-hydrogen) atoms. The monoisotopic (exact) mass is 517 g/mol. The van der Waals surface area contributed by atoms with Crippen LogP contribution in [-0.4, -0.2) is 82.4 Å². The van der Waals surface area contributed by atoms with E-state index >= 15 is 0 Å². The largest absolute Gasteiger partial charge is 0.368 e. The number of aromatic nitrogens is 4. The number of aryl methyl sites for hydroxylation is 1. The summed E-state index contributed by atoms with van der Waals surface area (Å²) < 4.78 is 2.35. The topological polar surface area (TPSA) is 98.8 Å². The normalized spacial score (nSPS) is 16.0. The van der Waals surface area contributed by atoms with Crippen molar-refractivity contribution >= 4 is 28.8 Å². The Labute approximate surface area is 227 Å². The quantitative estimate of drug-likeness (QED) is 0.177. The highest BCUT2D eigenvalue weighted by molar-refractivity contribution is 6.08. The molecule has 3 aromatic rings. The maximum absolute atomic E-state index is 6.09. The van der Waals surface area contributed by atoms with Gasteiger partial charge >= 0.3 is 0 Å². The van der Waals surface area contributed by atoms with Crippen LogP contribution < -0.4 is 11.1 Å². The van der Waals surface area contributed by atoms with E-state index in [9.17, 15) is 0 Å². The number of allylic oxidation sites excluding steroid dienone is 2. The van der Waals surface area contributed by atoms with Crippen LogP contribution >= 0.6 is 0 Å². The van der Waals surface area contributed by atoms with Crippen LogP contribution in [0.1, 0.15) is 57.2 Å². The summed E-state index contributed by atoms with van der Waals surface area (Å²) in [5, 5.41) is 4.22. The number of aromatic amines is 1. The highest BCUT2D eigenvalue weighted by Crippen LogP contribution is 2.29. The highest BCUT2D eigenvalue weighted by atomic mass is 15.1. The zero-order valence-electron chi connectivity index (χ0n) is 23.6. The smallest absolute Gasteiger partial charge is 0.220 e. The SMILES string of the molecule is CC=C(C=[N+](C)CC(CC)CCN1CCCC1)c1cnc2[nH]cc(-c3cc(CCCNC)nc(N)n3)c2c1. The average molecular weight is 518 g/mol. The van der Waals surface area contributed by atoms with E-state index in [-0.39, 0.29) is 0 Å². The lowest BCUT2D eigenvalue weighted by atomic mass is 10.0. The first-order valence-electron chi connectivity index (χ1n) is 14.2. The highest BCUT2D eigenvalue weighted by Gasteiger charge is 2.18. The molecule has 0 aromatic carbocycles. The first kappa shape index (κ1) is 27.9. The van der Waals surface area contributed by atoms with Crippen LogP contribution in [0.25, 0.3) is 27.9 Å². The van der Waals surface area contributed by atoms with Crippen LogP contribution in [0.3, 0.4) is 0 Å². The lowest BCUT2D eigenvalue weighted by Crippen LogP contribution is -2.26. The van der Waals surface area contributed by atoms with Gasteiger partial charge in [0.05, 0.1) is 5.69 Å². The first-order valence-corrected chi connectivity index (χ1v) is 14.2. The summed E-state index contributed by atoms with van der Waals surface area (Å²) in [6.07, 6.45) is 15.4. The molecule has 0 amide bonds. The first-order chi connectivity index (χ1) is 18.5. The van der Waals surface area contributed by atoms with Gasteiger partial charge in [-0.15, -0.1) is 0 Å². The van der Waals surface area contributed by atoms with Crippen molar-refractivity contribution in [3.8, 4) is 11.3 Å². The number of H-pyrrole nitrogens is 1. The Bertz CT molecular complexity index is 1250. The molecule has 8 nitrogen and oxygen atoms in total. The molecule has 1 fully saturated rings. The third-order valence-corrected chi connectivity index (χ3v) is 7.64. The van der Waals surface area contributed by atoms with Crippen molar-refractivity contribution in [3.05, 3.63) is 41.9 Å². The Morgan fingerprint density at radius 2 is 2.08 bits per heavy atom. The standard InChI is InChI=1S/C30H45N8/c1-5-22(11-15-38-13-7-8-14-38)20-37(4)21-23(6-2)24-16-26-27(19-34-29(26)33-18-24)28-17-25(10-9-12-32-3)35-30(31)36-28/h6,16-19,21-22,32H,5,7-15,20H2,1-4H3,(H,33,34)(H2,31,35,36)/q+1. The number of likely N-dealkylation sites (tertiary alicyclic amines) is 1. The number of nitrogens with zero attached hydrogens (tertiary/aromatic N) is 5. The average Bonchev–Trinajstić information content (AvgIpc) is 3.59. The summed E-state index contributed by atoms with van der Waals surface area (Å²) >= 11 is 0. The van der Waals surface area contributed by atoms with Gasteiger partial charge in [-0.05, 0) is 90.8 Å². The van der Waals surface area contributed by atoms with Gasteiger partial charge in [0.2, 0.25) is 5.95 Å². The fraction of sp³-hybridized carbons (Fsp3) is 0.533. The fourth-order valence-electron chi connectivity index (χ4n) is 5.41. The minimum Gasteiger partial charge on any atom is -0.368 e. The van der Waals surface area contributed by atoms with Gasteiger partial charge in [-0.3, -0.25) is 0 Å². The van der Waals surface area contributed by atoms with Crippen molar-refractivity contribution in [2.24, 2.45) is 5.92 Å². The predicted octanol–water partition coefficient (Wildman–Crippen LogP) is 4.38. The Kier molecular flexibility index (Phi) is 10.0. The Hall–Kier alpha value is -3.10. The molecule has 204 valence electrons. The second kappa shape index (κ2) is 13.6. The zero-order valence-corrected chi connectivity index (χ0v) is 23.6. The van der Waals surface area contributed by atoms with Gasteiger partial charge in [0, 0.05) is 46.1 Å². The maximum Gasteiger partial charge on any atom is 0.220 e. The molecule has 1 saturated heterocycles. The Morgan fingerprint density at radius 1 is 1.26 bits per heavy atom. The number of pyridine rings is 1. The predicted molar refractivity (Wildman–Crippen MR) is 159 cm³/mol. The van der Waals surface area contributed by atoms with Crippen molar-refractivity contribution in [2.75, 3.05) is 52.6 Å². The summed E-state index contributed by atoms with van der Waals surface area (Å²) in [7, 11) is 4.15. The molecule has 1 aliphatic rings. The van der Waals surface area contributed by atoms with E-state index in [1.54, 1.807) is 0 Å². The van der Waals surface area contributed by atoms with Crippen LogP contribution in [-0.2, 0) is 6.42 Å². The second-order valence-electron chi connectivity index (χ2n) is 10.6. The van der Waals surface area contributed by atoms with E-state index < -0.39 is 0 Å². The Morgan fingerprint density at radius 3 is 2.82 bits per heavy atom. The molecule has 1 aliphatic heterocycles. The molecule has 4 rings (SSSR count). The minimum absolute atomic E-state index is 0.305. The molecular weight excluding hydrogens is 472 g/mol. The van der Waals surface area contributed by atoms with Gasteiger partial charge in [-0.2, -0.15) is 0 Å². The summed E-state index contributed by atoms with van der Waals surface area (Å²) in [6, 6.07) is 4.25. The van der Waals surface area contributed by atoms with Gasteiger partial charge in [0.1, 0.15) is 19.2 Å². The molecule has 0 bridgehead atoms. The van der Waals surface area contributed by atoms with Crippen molar-refractivity contribution in [1.82, 2.24) is 30.2 Å². The molecular formula is C30H45N8+. The summed E-state index contributed by atoms with van der Waals surface area (Å²) in [5.41, 5.74) is 12.0. The van der Waals surface area contributed by atoms with Crippen LogP contribution in [0, 0.1) is 5.92 Å². The molecule has 1 atom stereocenters. The van der Waals surface area contributed by atoms with Gasteiger partial charge in [-0.25, -0.2) is 19.5 Å². The fourth-order valence-corrected chi connectivity index (χ4v) is 5.41. The molecule has 3 aromatic heterocycles. The van der Waals surface area contributed by atoms with Crippen molar-refractivity contribution < 1.29 is 4.58 Å². The number of anilines is 1. The Balaban J connectivity index is 1.53. The number of rotatable bonds is 13. The van der Waals surface area contributed by atoms with Crippen LogP contribution in [0.4, 0.5) is 5.95 Å². The van der Waals surface area contributed by atoms with E-state index in [1.165, 1.54) is 50.9 Å². The molecule has 8 heteroatoms. The third-order valence-electron chi connectivity index (χ3n) is 7.64. The summed E-state index contributed by atoms with van der Waals surface area (Å²) in [6.45, 7) is 10.2. The number of nitrogen functional groups attached to an aromatic ring is 1. The number of fused-ring (bicyclic) bond motifs is 1. The van der Waals surface area contributed by atoms with Gasteiger partial charge < -0.3 is 20.9 Å². The number of hydrogen-bond acceptors (Lipinski definition) is 6. The number of nitrogens with one attached hydrogen (secondary N) is 2. The van der Waals surface area contributed by atoms with Crippen LogP contribution in [0.2, 0.25) is 0 Å². The van der Waals surface area contributed by atoms with Gasteiger partial charge in [-0.1, -0.05) is 13.0 Å². The maximum atomic E-state index is 6.09. The van der Waals surface area contributed by atoms with Crippen molar-refractivity contribution in [3.63, 3.8) is 0 Å². The lowest BCUT2D eigenvalue weighted by molar-refractivity contribution is -0.499. The van der Waals surface area contributed by atoms with E-state index in [2.05, 4.69) is 69.0 Å². The number of nitrogens with two attached hydrogens (primary N) is 1. The van der Waals surface area contributed by atoms with Crippen LogP contribution in [0.5, 0.6) is 0 Å². The minimum atomic E-state index is 0.305. The van der Waals surface area contributed by atoms with E-state index in [1.807, 2.05) is 25.5 Å². The third kappa shape index (κ3) is 7.26. The molecule has 0 radical (unpaired) electrons. The molecule has 0 spiro atoms. The summed E-state index contributed by atoms with van der Waals surface area (Å²) in [4.78, 5) is 19.7. The molecule has 1 unspecified atom stereocenters. The van der Waals surface area contributed by atoms with E-state index in [0.717, 1.165) is 59.5 Å². The molecule has 4 heterocycles. The lowest BCUT2D eigenvalue weighted by Gasteiger charge is -2.18. The van der Waals surface area contributed by atoms with Gasteiger partial charge in [0.25, 0.3) is 0 Å². The molecule has 4 N–H and O–H groups in total.